The van der Waals surface area contributed by atoms with E-state index in [4.69, 9.17) is 0 Å². The van der Waals surface area contributed by atoms with Crippen LogP contribution in [-0.2, 0) is 0 Å². The van der Waals surface area contributed by atoms with Crippen molar-refractivity contribution in [3.8, 4) is 17.1 Å². The molecule has 0 N–H and O–H groups in total. The van der Waals surface area contributed by atoms with Crippen LogP contribution in [0, 0.1) is 0 Å². The Bertz CT molecular complexity index is 4720. The van der Waals surface area contributed by atoms with Gasteiger partial charge in [0.15, 0.2) is 0 Å². The maximum absolute atomic E-state index is 2.66. The van der Waals surface area contributed by atoms with Gasteiger partial charge in [0.1, 0.15) is 0 Å². The molecule has 0 saturated heterocycles. The highest BCUT2D eigenvalue weighted by molar-refractivity contribution is 7.01. The van der Waals surface area contributed by atoms with Crippen molar-refractivity contribution in [3.63, 3.8) is 0 Å². The van der Waals surface area contributed by atoms with E-state index in [1.807, 2.05) is 0 Å². The van der Waals surface area contributed by atoms with Gasteiger partial charge < -0.3 is 23.5 Å². The SMILES string of the molecule is c1ccc(N2c3ccccc3B3c4c2cc(-n2c5ccccc5c5ccccc52)cc4-n2c4ccc5c6cccc7c6n(c5c4c4cccc3c42)-c2cccc3c2B7c2ccccc2N3c2ccccc2)cc1. The molecular weight excluding hydrogens is 884 g/mol. The lowest BCUT2D eigenvalue weighted by Crippen LogP contribution is -2.60. The quantitative estimate of drug-likeness (QED) is 0.165. The molecule has 4 aliphatic rings. The van der Waals surface area contributed by atoms with E-state index in [0.717, 1.165) is 17.1 Å². The number of nitrogens with zero attached hydrogens (tertiary/aromatic N) is 5. The number of benzene rings is 11. The van der Waals surface area contributed by atoms with Gasteiger partial charge in [-0.3, -0.25) is 0 Å². The van der Waals surface area contributed by atoms with E-state index in [2.05, 4.69) is 260 Å². The largest absolute Gasteiger partial charge is 0.311 e. The molecule has 0 unspecified atom stereocenters. The smallest absolute Gasteiger partial charge is 0.252 e. The van der Waals surface area contributed by atoms with Crippen molar-refractivity contribution in [3.05, 3.63) is 237 Å². The fourth-order valence-corrected chi connectivity index (χ4v) is 14.3. The Morgan fingerprint density at radius 3 is 1.38 bits per heavy atom. The van der Waals surface area contributed by atoms with Crippen LogP contribution in [0.5, 0.6) is 0 Å². The Kier molecular flexibility index (Phi) is 7.19. The van der Waals surface area contributed by atoms with Gasteiger partial charge in [-0.2, -0.15) is 0 Å². The highest BCUT2D eigenvalue weighted by Crippen LogP contribution is 2.48. The summed E-state index contributed by atoms with van der Waals surface area (Å²) in [4.78, 5) is 5.01. The second kappa shape index (κ2) is 13.7. The van der Waals surface area contributed by atoms with E-state index in [1.165, 1.54) is 132 Å². The molecule has 0 fully saturated rings. The van der Waals surface area contributed by atoms with Crippen LogP contribution in [0.1, 0.15) is 0 Å². The fraction of sp³-hybridized carbons (Fsp3) is 0. The minimum absolute atomic E-state index is 0.00616. The molecule has 0 saturated carbocycles. The summed E-state index contributed by atoms with van der Waals surface area (Å²) in [5, 5.41) is 7.64. The molecule has 0 amide bonds. The lowest BCUT2D eigenvalue weighted by molar-refractivity contribution is 1.13. The molecule has 0 radical (unpaired) electrons. The number of para-hydroxylation sites is 8. The number of aromatic nitrogens is 3. The first-order valence-electron chi connectivity index (χ1n) is 25.5. The van der Waals surface area contributed by atoms with Gasteiger partial charge in [0.25, 0.3) is 13.4 Å². The van der Waals surface area contributed by atoms with E-state index in [1.54, 1.807) is 0 Å². The second-order valence-corrected chi connectivity index (χ2v) is 20.3. The van der Waals surface area contributed by atoms with Crippen molar-refractivity contribution in [1.29, 1.82) is 0 Å². The van der Waals surface area contributed by atoms with Crippen LogP contribution in [0.25, 0.3) is 82.5 Å². The molecule has 3 aromatic heterocycles. The average molecular weight is 924 g/mol. The zero-order chi connectivity index (χ0) is 47.2. The van der Waals surface area contributed by atoms with Crippen LogP contribution in [0.4, 0.5) is 34.1 Å². The molecule has 7 heterocycles. The monoisotopic (exact) mass is 923 g/mol. The van der Waals surface area contributed by atoms with Crippen molar-refractivity contribution >= 4 is 146 Å². The van der Waals surface area contributed by atoms with Gasteiger partial charge in [-0.15, -0.1) is 0 Å². The van der Waals surface area contributed by atoms with Crippen molar-refractivity contribution in [2.45, 2.75) is 0 Å². The summed E-state index contributed by atoms with van der Waals surface area (Å²) in [6, 6.07) is 88.9. The first-order chi connectivity index (χ1) is 36.3. The number of rotatable bonds is 3. The minimum atomic E-state index is 0.00616. The third-order valence-electron chi connectivity index (χ3n) is 17.0. The van der Waals surface area contributed by atoms with E-state index < -0.39 is 0 Å². The standard InChI is InChI=1S/C66H39B2N5/c1-3-18-40(19-4-1)69-54-32-13-9-26-48(54)67-50-28-15-24-45-46-36-37-56-61(66(46)73(64(45)50)58-35-17-34-57(69)62(58)67)47-25-16-29-51-65(47)72(56)60-39-42(71-52-30-11-7-22-43(52)44-23-8-12-31-53(44)71)38-59-63(60)68(51)49-27-10-14-33-55(49)70(59)41-20-5-2-6-21-41/h1-39H. The molecular formula is C66H39B2N5. The zero-order valence-electron chi connectivity index (χ0n) is 39.4. The lowest BCUT2D eigenvalue weighted by atomic mass is 9.34. The summed E-state index contributed by atoms with van der Waals surface area (Å²) in [5.74, 6) is 0. The van der Waals surface area contributed by atoms with Gasteiger partial charge in [0, 0.05) is 88.8 Å². The number of anilines is 6. The predicted molar refractivity (Wildman–Crippen MR) is 308 cm³/mol. The molecule has 5 nitrogen and oxygen atoms in total. The van der Waals surface area contributed by atoms with Crippen molar-refractivity contribution in [1.82, 2.24) is 13.7 Å². The average Bonchev–Trinajstić information content (AvgIpc) is 4.10. The number of fused-ring (bicyclic) bond motifs is 18. The molecule has 0 atom stereocenters. The highest BCUT2D eigenvalue weighted by Gasteiger charge is 2.45. The van der Waals surface area contributed by atoms with Gasteiger partial charge in [0.05, 0.1) is 27.8 Å². The summed E-state index contributed by atoms with van der Waals surface area (Å²) in [6.45, 7) is 0.0830. The predicted octanol–water partition coefficient (Wildman–Crippen LogP) is 12.2. The maximum atomic E-state index is 2.66. The fourth-order valence-electron chi connectivity index (χ4n) is 14.3. The lowest BCUT2D eigenvalue weighted by Gasteiger charge is -2.40. The third kappa shape index (κ3) is 4.67. The van der Waals surface area contributed by atoms with Gasteiger partial charge in [0.2, 0.25) is 0 Å². The van der Waals surface area contributed by atoms with Gasteiger partial charge in [-0.05, 0) is 112 Å². The minimum Gasteiger partial charge on any atom is -0.311 e. The Morgan fingerprint density at radius 1 is 0.247 bits per heavy atom. The van der Waals surface area contributed by atoms with Crippen LogP contribution in [0.15, 0.2) is 237 Å². The van der Waals surface area contributed by atoms with E-state index in [0.29, 0.717) is 0 Å². The highest BCUT2D eigenvalue weighted by atomic mass is 15.2. The molecule has 7 heteroatoms. The van der Waals surface area contributed by atoms with Crippen molar-refractivity contribution in [2.24, 2.45) is 0 Å². The number of hydrogen-bond acceptors (Lipinski definition) is 2. The van der Waals surface area contributed by atoms with Crippen LogP contribution in [0.3, 0.4) is 0 Å². The Hall–Kier alpha value is -9.45. The van der Waals surface area contributed by atoms with Crippen molar-refractivity contribution < 1.29 is 0 Å². The summed E-state index contributed by atoms with van der Waals surface area (Å²) in [5.41, 5.74) is 26.3. The molecule has 11 aromatic carbocycles. The normalized spacial score (nSPS) is 13.6. The zero-order valence-corrected chi connectivity index (χ0v) is 39.4. The van der Waals surface area contributed by atoms with E-state index in [9.17, 15) is 0 Å². The topological polar surface area (TPSA) is 21.3 Å². The molecule has 18 rings (SSSR count). The molecule has 334 valence electrons. The summed E-state index contributed by atoms with van der Waals surface area (Å²) >= 11 is 0. The van der Waals surface area contributed by atoms with Crippen LogP contribution in [-0.4, -0.2) is 27.1 Å². The first-order valence-corrected chi connectivity index (χ1v) is 25.5. The summed E-state index contributed by atoms with van der Waals surface area (Å²) < 4.78 is 7.81. The van der Waals surface area contributed by atoms with Gasteiger partial charge in [-0.25, -0.2) is 0 Å². The summed E-state index contributed by atoms with van der Waals surface area (Å²) in [6.07, 6.45) is 0. The molecule has 0 bridgehead atoms. The van der Waals surface area contributed by atoms with Gasteiger partial charge in [-0.1, -0.05) is 158 Å². The van der Waals surface area contributed by atoms with Crippen LogP contribution in [0.2, 0.25) is 0 Å². The summed E-state index contributed by atoms with van der Waals surface area (Å²) in [7, 11) is 0. The molecule has 0 aliphatic carbocycles. The molecule has 73 heavy (non-hydrogen) atoms. The Labute approximate surface area is 420 Å². The Morgan fingerprint density at radius 2 is 0.712 bits per heavy atom. The maximum Gasteiger partial charge on any atom is 0.252 e. The van der Waals surface area contributed by atoms with E-state index in [-0.39, 0.29) is 13.4 Å². The molecule has 0 spiro atoms. The van der Waals surface area contributed by atoms with Crippen LogP contribution < -0.4 is 42.6 Å². The first kappa shape index (κ1) is 38.3. The molecule has 4 aliphatic heterocycles. The van der Waals surface area contributed by atoms with Crippen LogP contribution >= 0.6 is 0 Å². The second-order valence-electron chi connectivity index (χ2n) is 20.3. The number of hydrogen-bond donors (Lipinski definition) is 0. The molecule has 14 aromatic rings. The van der Waals surface area contributed by atoms with Gasteiger partial charge >= 0.3 is 0 Å². The third-order valence-corrected chi connectivity index (χ3v) is 17.0. The van der Waals surface area contributed by atoms with Crippen molar-refractivity contribution in [2.75, 3.05) is 9.80 Å². The van der Waals surface area contributed by atoms with E-state index >= 15 is 0 Å². The Balaban J connectivity index is 1.00.